The summed E-state index contributed by atoms with van der Waals surface area (Å²) in [4.78, 5) is 24.6. The normalized spacial score (nSPS) is 10.6. The number of hydrogen-bond donors (Lipinski definition) is 2. The molecule has 32 heavy (non-hydrogen) atoms. The molecule has 3 rings (SSSR count). The van der Waals surface area contributed by atoms with Gasteiger partial charge in [-0.05, 0) is 55.5 Å². The lowest BCUT2D eigenvalue weighted by Crippen LogP contribution is -2.17. The van der Waals surface area contributed by atoms with Crippen LogP contribution in [-0.4, -0.2) is 18.5 Å². The molecule has 0 heterocycles. The molecule has 160 valence electrons. The molecule has 1 amide bonds. The van der Waals surface area contributed by atoms with E-state index in [1.807, 2.05) is 36.4 Å². The average Bonchev–Trinajstić information content (AvgIpc) is 2.82. The van der Waals surface area contributed by atoms with Gasteiger partial charge in [0.2, 0.25) is 0 Å². The van der Waals surface area contributed by atoms with Crippen LogP contribution in [0.25, 0.3) is 0 Å². The van der Waals surface area contributed by atoms with Crippen molar-refractivity contribution in [3.8, 4) is 17.6 Å². The van der Waals surface area contributed by atoms with Gasteiger partial charge in [0.25, 0.3) is 5.91 Å². The van der Waals surface area contributed by atoms with Gasteiger partial charge in [0.05, 0.1) is 17.9 Å². The number of nitrogens with zero attached hydrogens (tertiary/aromatic N) is 1. The first kappa shape index (κ1) is 22.1. The molecule has 0 aromatic heterocycles. The second kappa shape index (κ2) is 11.0. The van der Waals surface area contributed by atoms with Gasteiger partial charge in [-0.15, -0.1) is 0 Å². The van der Waals surface area contributed by atoms with E-state index >= 15 is 0 Å². The fourth-order valence-corrected chi connectivity index (χ4v) is 2.72. The van der Waals surface area contributed by atoms with Crippen LogP contribution in [0.1, 0.15) is 17.3 Å². The monoisotopic (exact) mass is 427 g/mol. The number of amides is 1. The molecule has 0 saturated carbocycles. The molecule has 3 aromatic rings. The third-order valence-electron chi connectivity index (χ3n) is 4.25. The zero-order chi connectivity index (χ0) is 22.8. The quantitative estimate of drug-likeness (QED) is 0.294. The minimum Gasteiger partial charge on any atom is -0.462 e. The summed E-state index contributed by atoms with van der Waals surface area (Å²) < 4.78 is 10.7. The van der Waals surface area contributed by atoms with Crippen LogP contribution < -0.4 is 15.4 Å². The van der Waals surface area contributed by atoms with Gasteiger partial charge in [0, 0.05) is 11.9 Å². The Morgan fingerprint density at radius 1 is 0.938 bits per heavy atom. The van der Waals surface area contributed by atoms with E-state index in [1.165, 1.54) is 6.20 Å². The molecule has 7 nitrogen and oxygen atoms in total. The van der Waals surface area contributed by atoms with Crippen LogP contribution in [0, 0.1) is 11.3 Å². The number of ether oxygens (including phenoxy) is 2. The summed E-state index contributed by atoms with van der Waals surface area (Å²) in [6.45, 7) is 1.91. The number of rotatable bonds is 8. The zero-order valence-electron chi connectivity index (χ0n) is 17.4. The van der Waals surface area contributed by atoms with E-state index in [4.69, 9.17) is 9.47 Å². The van der Waals surface area contributed by atoms with Crippen LogP contribution in [0.3, 0.4) is 0 Å². The largest absolute Gasteiger partial charge is 0.462 e. The van der Waals surface area contributed by atoms with Gasteiger partial charge in [0.1, 0.15) is 23.1 Å². The lowest BCUT2D eigenvalue weighted by atomic mass is 10.1. The summed E-state index contributed by atoms with van der Waals surface area (Å²) >= 11 is 0. The number of nitrogens with one attached hydrogen (secondary N) is 2. The van der Waals surface area contributed by atoms with Gasteiger partial charge in [-0.2, -0.15) is 5.26 Å². The molecule has 0 aliphatic rings. The average molecular weight is 427 g/mol. The van der Waals surface area contributed by atoms with Crippen molar-refractivity contribution in [3.63, 3.8) is 0 Å². The van der Waals surface area contributed by atoms with E-state index in [0.29, 0.717) is 11.4 Å². The minimum atomic E-state index is -0.652. The molecule has 0 bridgehead atoms. The molecule has 3 aromatic carbocycles. The predicted octanol–water partition coefficient (Wildman–Crippen LogP) is 5.11. The molecule has 0 unspecified atom stereocenters. The lowest BCUT2D eigenvalue weighted by molar-refractivity contribution is -0.112. The van der Waals surface area contributed by atoms with Crippen molar-refractivity contribution in [3.05, 3.63) is 96.2 Å². The third-order valence-corrected chi connectivity index (χ3v) is 4.25. The fraction of sp³-hybridized carbons (Fsp3) is 0.0800. The Balaban J connectivity index is 1.66. The first-order valence-corrected chi connectivity index (χ1v) is 9.88. The number of esters is 1. The topological polar surface area (TPSA) is 100 Å². The van der Waals surface area contributed by atoms with E-state index in [-0.39, 0.29) is 23.4 Å². The Kier molecular flexibility index (Phi) is 7.60. The Morgan fingerprint density at radius 3 is 2.28 bits per heavy atom. The SMILES string of the molecule is CCOC(=O)c1ccccc1NC(=O)/C(C#N)=C\Nc1ccc(Oc2ccccc2)cc1. The van der Waals surface area contributed by atoms with Crippen molar-refractivity contribution >= 4 is 23.3 Å². The number of benzene rings is 3. The number of nitriles is 1. The summed E-state index contributed by atoms with van der Waals surface area (Å²) in [5.41, 5.74) is 0.979. The lowest BCUT2D eigenvalue weighted by Gasteiger charge is -2.10. The van der Waals surface area contributed by atoms with Crippen molar-refractivity contribution in [2.24, 2.45) is 0 Å². The molecular weight excluding hydrogens is 406 g/mol. The number of carbonyl (C=O) groups excluding carboxylic acids is 2. The molecule has 0 fully saturated rings. The molecule has 0 spiro atoms. The highest BCUT2D eigenvalue weighted by Crippen LogP contribution is 2.23. The van der Waals surface area contributed by atoms with Gasteiger partial charge < -0.3 is 20.1 Å². The minimum absolute atomic E-state index is 0.159. The molecular formula is C25H21N3O4. The highest BCUT2D eigenvalue weighted by atomic mass is 16.5. The summed E-state index contributed by atoms with van der Waals surface area (Å²) in [6, 6.07) is 24.7. The Bertz CT molecular complexity index is 1150. The molecule has 7 heteroatoms. The van der Waals surface area contributed by atoms with E-state index in [1.54, 1.807) is 55.5 Å². The number of carbonyl (C=O) groups is 2. The summed E-state index contributed by atoms with van der Waals surface area (Å²) in [5, 5.41) is 14.9. The first-order chi connectivity index (χ1) is 15.6. The second-order valence-electron chi connectivity index (χ2n) is 6.47. The molecule has 0 saturated heterocycles. The van der Waals surface area contributed by atoms with Crippen LogP contribution in [0.4, 0.5) is 11.4 Å². The number of para-hydroxylation sites is 2. The fourth-order valence-electron chi connectivity index (χ4n) is 2.72. The van der Waals surface area contributed by atoms with Crippen LogP contribution in [-0.2, 0) is 9.53 Å². The van der Waals surface area contributed by atoms with Gasteiger partial charge in [-0.1, -0.05) is 30.3 Å². The van der Waals surface area contributed by atoms with Gasteiger partial charge in [-0.25, -0.2) is 4.79 Å². The highest BCUT2D eigenvalue weighted by molar-refractivity contribution is 6.09. The van der Waals surface area contributed by atoms with E-state index in [2.05, 4.69) is 10.6 Å². The molecule has 2 N–H and O–H groups in total. The maximum atomic E-state index is 12.5. The number of hydrogen-bond acceptors (Lipinski definition) is 6. The summed E-state index contributed by atoms with van der Waals surface area (Å²) in [5.74, 6) is 0.168. The standard InChI is InChI=1S/C25H21N3O4/c1-2-31-25(30)22-10-6-7-11-23(22)28-24(29)18(16-26)17-27-19-12-14-21(15-13-19)32-20-8-4-3-5-9-20/h3-15,17,27H,2H2,1H3,(H,28,29)/b18-17-. The van der Waals surface area contributed by atoms with Crippen molar-refractivity contribution < 1.29 is 19.1 Å². The van der Waals surface area contributed by atoms with E-state index in [9.17, 15) is 14.9 Å². The van der Waals surface area contributed by atoms with Crippen molar-refractivity contribution in [2.45, 2.75) is 6.92 Å². The Morgan fingerprint density at radius 2 is 1.59 bits per heavy atom. The Hall–Kier alpha value is -4.57. The molecule has 0 aliphatic carbocycles. The van der Waals surface area contributed by atoms with Crippen molar-refractivity contribution in [1.29, 1.82) is 5.26 Å². The van der Waals surface area contributed by atoms with Crippen molar-refractivity contribution in [2.75, 3.05) is 17.2 Å². The molecule has 0 atom stereocenters. The highest BCUT2D eigenvalue weighted by Gasteiger charge is 2.16. The van der Waals surface area contributed by atoms with Crippen LogP contribution in [0.2, 0.25) is 0 Å². The number of anilines is 2. The second-order valence-corrected chi connectivity index (χ2v) is 6.47. The summed E-state index contributed by atoms with van der Waals surface area (Å²) in [6.07, 6.45) is 1.30. The summed E-state index contributed by atoms with van der Waals surface area (Å²) in [7, 11) is 0. The van der Waals surface area contributed by atoms with Crippen LogP contribution in [0.15, 0.2) is 90.6 Å². The van der Waals surface area contributed by atoms with Gasteiger partial charge in [0.15, 0.2) is 0 Å². The Labute approximate surface area is 185 Å². The first-order valence-electron chi connectivity index (χ1n) is 9.88. The zero-order valence-corrected chi connectivity index (χ0v) is 17.4. The van der Waals surface area contributed by atoms with Gasteiger partial charge in [-0.3, -0.25) is 4.79 Å². The van der Waals surface area contributed by atoms with Crippen molar-refractivity contribution in [1.82, 2.24) is 0 Å². The van der Waals surface area contributed by atoms with Gasteiger partial charge >= 0.3 is 5.97 Å². The van der Waals surface area contributed by atoms with Crippen LogP contribution in [0.5, 0.6) is 11.5 Å². The maximum Gasteiger partial charge on any atom is 0.340 e. The molecule has 0 radical (unpaired) electrons. The molecule has 0 aliphatic heterocycles. The van der Waals surface area contributed by atoms with E-state index in [0.717, 1.165) is 5.75 Å². The third kappa shape index (κ3) is 5.97. The smallest absolute Gasteiger partial charge is 0.340 e. The predicted molar refractivity (Wildman–Crippen MR) is 121 cm³/mol. The maximum absolute atomic E-state index is 12.5. The van der Waals surface area contributed by atoms with Crippen LogP contribution >= 0.6 is 0 Å². The van der Waals surface area contributed by atoms with E-state index < -0.39 is 11.9 Å².